The molecule has 0 rings (SSSR count). The molecule has 0 radical (unpaired) electrons. The zero-order valence-electron chi connectivity index (χ0n) is 4.74. The third kappa shape index (κ3) is 7.24. The molecule has 0 saturated heterocycles. The summed E-state index contributed by atoms with van der Waals surface area (Å²) in [5.74, 6) is 0.772. The standard InChI is InChI=1S/C4H6N2O2S/c5-1-3-9-4-2-6(7)8/h2-4H2. The molecule has 4 nitrogen and oxygen atoms in total. The lowest BCUT2D eigenvalue weighted by atomic mass is 10.8. The Bertz CT molecular complexity index is 131. The van der Waals surface area contributed by atoms with Crippen LogP contribution in [0.3, 0.4) is 0 Å². The molecule has 0 aliphatic carbocycles. The number of nitriles is 1. The first kappa shape index (κ1) is 8.24. The molecule has 0 aliphatic heterocycles. The fourth-order valence-corrected chi connectivity index (χ4v) is 0.771. The van der Waals surface area contributed by atoms with E-state index in [1.807, 2.05) is 6.07 Å². The monoisotopic (exact) mass is 146 g/mol. The average Bonchev–Trinajstić information content (AvgIpc) is 1.80. The third-order valence-electron chi connectivity index (χ3n) is 0.585. The highest BCUT2D eigenvalue weighted by molar-refractivity contribution is 7.99. The number of hydrogen-bond donors (Lipinski definition) is 0. The lowest BCUT2D eigenvalue weighted by Crippen LogP contribution is -2.02. The van der Waals surface area contributed by atoms with Crippen LogP contribution in [-0.4, -0.2) is 23.0 Å². The maximum absolute atomic E-state index is 9.67. The maximum Gasteiger partial charge on any atom is 0.212 e. The van der Waals surface area contributed by atoms with Crippen molar-refractivity contribution < 1.29 is 4.92 Å². The molecule has 0 heterocycles. The SMILES string of the molecule is N#CCSCC[N+](=O)[O-]. The average molecular weight is 146 g/mol. The second-order valence-electron chi connectivity index (χ2n) is 1.27. The van der Waals surface area contributed by atoms with Crippen LogP contribution < -0.4 is 0 Å². The Morgan fingerprint density at radius 3 is 2.89 bits per heavy atom. The molecule has 0 bridgehead atoms. The van der Waals surface area contributed by atoms with E-state index in [9.17, 15) is 10.1 Å². The van der Waals surface area contributed by atoms with Gasteiger partial charge in [0.25, 0.3) is 0 Å². The Labute approximate surface area is 57.0 Å². The van der Waals surface area contributed by atoms with Gasteiger partial charge >= 0.3 is 0 Å². The molecule has 0 N–H and O–H groups in total. The van der Waals surface area contributed by atoms with E-state index in [-0.39, 0.29) is 11.5 Å². The Morgan fingerprint density at radius 1 is 1.78 bits per heavy atom. The zero-order chi connectivity index (χ0) is 7.11. The van der Waals surface area contributed by atoms with Crippen LogP contribution in [0.25, 0.3) is 0 Å². The molecule has 0 amide bonds. The minimum Gasteiger partial charge on any atom is -0.265 e. The van der Waals surface area contributed by atoms with Crippen molar-refractivity contribution in [2.24, 2.45) is 0 Å². The predicted octanol–water partition coefficient (Wildman–Crippen LogP) is 0.520. The van der Waals surface area contributed by atoms with Crippen molar-refractivity contribution in [3.8, 4) is 6.07 Å². The van der Waals surface area contributed by atoms with Gasteiger partial charge in [-0.05, 0) is 0 Å². The molecular formula is C4H6N2O2S. The largest absolute Gasteiger partial charge is 0.265 e. The summed E-state index contributed by atoms with van der Waals surface area (Å²) in [6, 6.07) is 1.88. The Balaban J connectivity index is 2.94. The fraction of sp³-hybridized carbons (Fsp3) is 0.750. The van der Waals surface area contributed by atoms with Crippen LogP contribution in [-0.2, 0) is 0 Å². The maximum atomic E-state index is 9.67. The van der Waals surface area contributed by atoms with Crippen LogP contribution in [0.15, 0.2) is 0 Å². The quantitative estimate of drug-likeness (QED) is 0.329. The summed E-state index contributed by atoms with van der Waals surface area (Å²) in [5.41, 5.74) is 0. The number of rotatable bonds is 4. The number of nitrogens with zero attached hydrogens (tertiary/aromatic N) is 2. The van der Waals surface area contributed by atoms with Gasteiger partial charge < -0.3 is 0 Å². The van der Waals surface area contributed by atoms with Gasteiger partial charge in [-0.25, -0.2) is 0 Å². The topological polar surface area (TPSA) is 66.9 Å². The van der Waals surface area contributed by atoms with Crippen molar-refractivity contribution in [3.05, 3.63) is 10.1 Å². The van der Waals surface area contributed by atoms with Crippen molar-refractivity contribution in [1.29, 1.82) is 5.26 Å². The van der Waals surface area contributed by atoms with Gasteiger partial charge in [-0.15, -0.1) is 11.8 Å². The van der Waals surface area contributed by atoms with E-state index in [1.54, 1.807) is 0 Å². The summed E-state index contributed by atoms with van der Waals surface area (Å²) in [6.07, 6.45) is 0. The Kier molecular flexibility index (Phi) is 4.92. The second-order valence-corrected chi connectivity index (χ2v) is 2.37. The first-order valence-corrected chi connectivity index (χ1v) is 3.49. The third-order valence-corrected chi connectivity index (χ3v) is 1.39. The van der Waals surface area contributed by atoms with Crippen LogP contribution in [0.2, 0.25) is 0 Å². The highest BCUT2D eigenvalue weighted by Gasteiger charge is 1.94. The van der Waals surface area contributed by atoms with Gasteiger partial charge in [-0.1, -0.05) is 0 Å². The highest BCUT2D eigenvalue weighted by Crippen LogP contribution is 1.95. The lowest BCUT2D eigenvalue weighted by Gasteiger charge is -1.88. The van der Waals surface area contributed by atoms with E-state index in [2.05, 4.69) is 0 Å². The summed E-state index contributed by atoms with van der Waals surface area (Å²) in [5, 5.41) is 17.7. The molecule has 9 heavy (non-hydrogen) atoms. The zero-order valence-corrected chi connectivity index (χ0v) is 5.56. The van der Waals surface area contributed by atoms with E-state index < -0.39 is 0 Å². The predicted molar refractivity (Wildman–Crippen MR) is 34.8 cm³/mol. The van der Waals surface area contributed by atoms with Gasteiger partial charge in [-0.3, -0.25) is 10.1 Å². The van der Waals surface area contributed by atoms with Gasteiger partial charge in [0.2, 0.25) is 6.54 Å². The van der Waals surface area contributed by atoms with E-state index in [0.717, 1.165) is 0 Å². The summed E-state index contributed by atoms with van der Waals surface area (Å²) in [7, 11) is 0. The Morgan fingerprint density at radius 2 is 2.44 bits per heavy atom. The van der Waals surface area contributed by atoms with Crippen molar-refractivity contribution >= 4 is 11.8 Å². The molecule has 0 spiro atoms. The van der Waals surface area contributed by atoms with Gasteiger partial charge in [0.1, 0.15) is 0 Å². The Hall–Kier alpha value is -0.760. The molecule has 0 aromatic heterocycles. The normalized spacial score (nSPS) is 8.33. The van der Waals surface area contributed by atoms with Crippen LogP contribution in [0.1, 0.15) is 0 Å². The van der Waals surface area contributed by atoms with Crippen LogP contribution in [0, 0.1) is 21.4 Å². The molecule has 0 saturated carbocycles. The molecule has 0 aromatic rings. The van der Waals surface area contributed by atoms with E-state index in [0.29, 0.717) is 11.5 Å². The number of thioether (sulfide) groups is 1. The summed E-state index contributed by atoms with van der Waals surface area (Å²) < 4.78 is 0. The van der Waals surface area contributed by atoms with Gasteiger partial charge in [-0.2, -0.15) is 5.26 Å². The van der Waals surface area contributed by atoms with Gasteiger partial charge in [0, 0.05) is 4.92 Å². The summed E-state index contributed by atoms with van der Waals surface area (Å²) >= 11 is 1.28. The molecule has 0 atom stereocenters. The molecule has 5 heteroatoms. The highest BCUT2D eigenvalue weighted by atomic mass is 32.2. The number of nitro groups is 1. The summed E-state index contributed by atoms with van der Waals surface area (Å²) in [6.45, 7) is -0.0493. The van der Waals surface area contributed by atoms with Gasteiger partial charge in [0.15, 0.2) is 0 Å². The first-order valence-electron chi connectivity index (χ1n) is 2.34. The molecular weight excluding hydrogens is 140 g/mol. The van der Waals surface area contributed by atoms with Crippen LogP contribution in [0.5, 0.6) is 0 Å². The first-order chi connectivity index (χ1) is 4.27. The lowest BCUT2D eigenvalue weighted by molar-refractivity contribution is -0.474. The van der Waals surface area contributed by atoms with Crippen molar-refractivity contribution in [3.63, 3.8) is 0 Å². The fourth-order valence-electron chi connectivity index (χ4n) is 0.257. The van der Waals surface area contributed by atoms with Crippen molar-refractivity contribution in [2.45, 2.75) is 0 Å². The van der Waals surface area contributed by atoms with E-state index in [4.69, 9.17) is 5.26 Å². The second kappa shape index (κ2) is 5.38. The molecule has 50 valence electrons. The van der Waals surface area contributed by atoms with Crippen LogP contribution >= 0.6 is 11.8 Å². The smallest absolute Gasteiger partial charge is 0.212 e. The van der Waals surface area contributed by atoms with Crippen molar-refractivity contribution in [1.82, 2.24) is 0 Å². The van der Waals surface area contributed by atoms with E-state index >= 15 is 0 Å². The minimum atomic E-state index is -0.385. The molecule has 0 aliphatic rings. The molecule has 0 aromatic carbocycles. The number of hydrogen-bond acceptors (Lipinski definition) is 4. The van der Waals surface area contributed by atoms with E-state index in [1.165, 1.54) is 11.8 Å². The van der Waals surface area contributed by atoms with Crippen molar-refractivity contribution in [2.75, 3.05) is 18.1 Å². The molecule has 0 unspecified atom stereocenters. The summed E-state index contributed by atoms with van der Waals surface area (Å²) in [4.78, 5) is 9.29. The molecule has 0 fully saturated rings. The minimum absolute atomic E-state index is 0.0493. The van der Waals surface area contributed by atoms with Gasteiger partial charge in [0.05, 0.1) is 17.6 Å². The van der Waals surface area contributed by atoms with Crippen LogP contribution in [0.4, 0.5) is 0 Å².